The van der Waals surface area contributed by atoms with E-state index in [4.69, 9.17) is 4.74 Å². The minimum Gasteiger partial charge on any atom is -0.372 e. The van der Waals surface area contributed by atoms with Gasteiger partial charge in [-0.25, -0.2) is 4.98 Å². The van der Waals surface area contributed by atoms with Crippen LogP contribution in [0.4, 0.5) is 0 Å². The van der Waals surface area contributed by atoms with E-state index < -0.39 is 0 Å². The van der Waals surface area contributed by atoms with E-state index >= 15 is 0 Å². The van der Waals surface area contributed by atoms with Gasteiger partial charge >= 0.3 is 0 Å². The van der Waals surface area contributed by atoms with E-state index in [2.05, 4.69) is 4.98 Å². The second-order valence-corrected chi connectivity index (χ2v) is 5.81. The quantitative estimate of drug-likeness (QED) is 0.793. The molecule has 1 saturated heterocycles. The van der Waals surface area contributed by atoms with E-state index in [1.165, 1.54) is 4.57 Å². The second kappa shape index (κ2) is 5.53. The average Bonchev–Trinajstić information content (AvgIpc) is 2.49. The molecule has 2 atom stereocenters. The molecular weight excluding hydrogens is 282 g/mol. The Morgan fingerprint density at radius 2 is 2.00 bits per heavy atom. The maximum absolute atomic E-state index is 12.7. The summed E-state index contributed by atoms with van der Waals surface area (Å²) in [6, 6.07) is 5.28. The number of aromatic nitrogens is 2. The molecule has 0 radical (unpaired) electrons. The minimum absolute atomic E-state index is 0.0290. The monoisotopic (exact) mass is 301 g/mol. The van der Waals surface area contributed by atoms with Gasteiger partial charge in [0.05, 0.1) is 12.2 Å². The molecule has 3 heterocycles. The molecule has 1 amide bonds. The molecule has 22 heavy (non-hydrogen) atoms. The lowest BCUT2D eigenvalue weighted by molar-refractivity contribution is -0.0586. The molecule has 1 aliphatic heterocycles. The van der Waals surface area contributed by atoms with E-state index in [0.717, 1.165) is 5.39 Å². The van der Waals surface area contributed by atoms with Crippen molar-refractivity contribution in [3.05, 3.63) is 40.3 Å². The largest absolute Gasteiger partial charge is 0.372 e. The van der Waals surface area contributed by atoms with Crippen LogP contribution in [-0.2, 0) is 11.8 Å². The van der Waals surface area contributed by atoms with Crippen molar-refractivity contribution in [2.24, 2.45) is 7.05 Å². The number of pyridine rings is 2. The maximum atomic E-state index is 12.7. The standard InChI is InChI=1S/C16H19N3O3/c1-10-8-19(9-11(2)22-10)16(21)13-7-12-5-4-6-17-14(12)18(3)15(13)20/h4-7,10-11H,8-9H2,1-3H3/t10-,11+. The number of morpholine rings is 1. The summed E-state index contributed by atoms with van der Waals surface area (Å²) in [6.07, 6.45) is 1.58. The summed E-state index contributed by atoms with van der Waals surface area (Å²) in [6.45, 7) is 4.85. The highest BCUT2D eigenvalue weighted by Gasteiger charge is 2.28. The van der Waals surface area contributed by atoms with Crippen molar-refractivity contribution in [1.29, 1.82) is 0 Å². The third-order valence-corrected chi connectivity index (χ3v) is 3.91. The first-order chi connectivity index (χ1) is 10.5. The van der Waals surface area contributed by atoms with Gasteiger partial charge in [-0.3, -0.25) is 14.2 Å². The van der Waals surface area contributed by atoms with Crippen LogP contribution in [0.1, 0.15) is 24.2 Å². The Balaban J connectivity index is 2.04. The van der Waals surface area contributed by atoms with Crippen LogP contribution in [0.15, 0.2) is 29.2 Å². The molecule has 0 bridgehead atoms. The summed E-state index contributed by atoms with van der Waals surface area (Å²) in [7, 11) is 1.64. The fraction of sp³-hybridized carbons (Fsp3) is 0.438. The maximum Gasteiger partial charge on any atom is 0.264 e. The highest BCUT2D eigenvalue weighted by molar-refractivity contribution is 5.97. The summed E-state index contributed by atoms with van der Waals surface area (Å²) in [5.74, 6) is -0.242. The van der Waals surface area contributed by atoms with Crippen LogP contribution in [0.25, 0.3) is 11.0 Å². The van der Waals surface area contributed by atoms with E-state index in [0.29, 0.717) is 18.7 Å². The van der Waals surface area contributed by atoms with E-state index in [-0.39, 0.29) is 29.2 Å². The normalized spacial score (nSPS) is 22.0. The molecule has 0 aromatic carbocycles. The fourth-order valence-corrected chi connectivity index (χ4v) is 2.96. The Bertz CT molecular complexity index is 774. The number of hydrogen-bond donors (Lipinski definition) is 0. The lowest BCUT2D eigenvalue weighted by Gasteiger charge is -2.35. The van der Waals surface area contributed by atoms with Crippen LogP contribution in [0.5, 0.6) is 0 Å². The van der Waals surface area contributed by atoms with Crippen molar-refractivity contribution in [2.75, 3.05) is 13.1 Å². The summed E-state index contributed by atoms with van der Waals surface area (Å²) in [4.78, 5) is 31.1. The van der Waals surface area contributed by atoms with Gasteiger partial charge in [-0.2, -0.15) is 0 Å². The SMILES string of the molecule is C[C@@H]1CN(C(=O)c2cc3cccnc3n(C)c2=O)C[C@H](C)O1. The van der Waals surface area contributed by atoms with Gasteiger partial charge in [0.15, 0.2) is 0 Å². The topological polar surface area (TPSA) is 64.4 Å². The van der Waals surface area contributed by atoms with Crippen LogP contribution in [0.2, 0.25) is 0 Å². The van der Waals surface area contributed by atoms with Gasteiger partial charge in [-0.15, -0.1) is 0 Å². The van der Waals surface area contributed by atoms with Gasteiger partial charge in [0.1, 0.15) is 11.2 Å². The number of rotatable bonds is 1. The van der Waals surface area contributed by atoms with Gasteiger partial charge in [-0.05, 0) is 32.0 Å². The molecular formula is C16H19N3O3. The van der Waals surface area contributed by atoms with E-state index in [1.54, 1.807) is 30.3 Å². The Morgan fingerprint density at radius 1 is 1.32 bits per heavy atom. The van der Waals surface area contributed by atoms with Crippen molar-refractivity contribution >= 4 is 16.9 Å². The first-order valence-corrected chi connectivity index (χ1v) is 7.37. The second-order valence-electron chi connectivity index (χ2n) is 5.81. The number of carbonyl (C=O) groups is 1. The molecule has 1 fully saturated rings. The Hall–Kier alpha value is -2.21. The van der Waals surface area contributed by atoms with E-state index in [1.807, 2.05) is 19.9 Å². The molecule has 0 saturated carbocycles. The van der Waals surface area contributed by atoms with Crippen LogP contribution >= 0.6 is 0 Å². The molecule has 3 rings (SSSR count). The summed E-state index contributed by atoms with van der Waals surface area (Å²) >= 11 is 0. The average molecular weight is 301 g/mol. The first kappa shape index (κ1) is 14.7. The van der Waals surface area contributed by atoms with Gasteiger partial charge in [0, 0.05) is 31.7 Å². The molecule has 2 aromatic heterocycles. The predicted octanol–water partition coefficient (Wildman–Crippen LogP) is 1.18. The summed E-state index contributed by atoms with van der Waals surface area (Å²) < 4.78 is 7.07. The van der Waals surface area contributed by atoms with Crippen LogP contribution in [0.3, 0.4) is 0 Å². The van der Waals surface area contributed by atoms with Gasteiger partial charge < -0.3 is 9.64 Å². The number of nitrogens with zero attached hydrogens (tertiary/aromatic N) is 3. The smallest absolute Gasteiger partial charge is 0.264 e. The number of hydrogen-bond acceptors (Lipinski definition) is 4. The number of fused-ring (bicyclic) bond motifs is 1. The molecule has 0 N–H and O–H groups in total. The molecule has 0 unspecified atom stereocenters. The van der Waals surface area contributed by atoms with Crippen molar-refractivity contribution in [1.82, 2.24) is 14.5 Å². The molecule has 0 aliphatic carbocycles. The molecule has 1 aliphatic rings. The predicted molar refractivity (Wildman–Crippen MR) is 82.9 cm³/mol. The third-order valence-electron chi connectivity index (χ3n) is 3.91. The molecule has 2 aromatic rings. The zero-order chi connectivity index (χ0) is 15.9. The molecule has 116 valence electrons. The first-order valence-electron chi connectivity index (χ1n) is 7.37. The summed E-state index contributed by atoms with van der Waals surface area (Å²) in [5, 5.41) is 0.780. The Labute approximate surface area is 128 Å². The zero-order valence-corrected chi connectivity index (χ0v) is 12.9. The highest BCUT2D eigenvalue weighted by Crippen LogP contribution is 2.15. The Morgan fingerprint density at radius 3 is 2.68 bits per heavy atom. The van der Waals surface area contributed by atoms with Crippen molar-refractivity contribution in [3.63, 3.8) is 0 Å². The number of carbonyl (C=O) groups excluding carboxylic acids is 1. The highest BCUT2D eigenvalue weighted by atomic mass is 16.5. The Kier molecular flexibility index (Phi) is 3.70. The van der Waals surface area contributed by atoms with Crippen molar-refractivity contribution in [3.8, 4) is 0 Å². The number of aryl methyl sites for hydroxylation is 1. The summed E-state index contributed by atoms with van der Waals surface area (Å²) in [5.41, 5.74) is 0.445. The van der Waals surface area contributed by atoms with Crippen molar-refractivity contribution < 1.29 is 9.53 Å². The number of ether oxygens (including phenoxy) is 1. The zero-order valence-electron chi connectivity index (χ0n) is 12.9. The van der Waals surface area contributed by atoms with Crippen LogP contribution < -0.4 is 5.56 Å². The fourth-order valence-electron chi connectivity index (χ4n) is 2.96. The van der Waals surface area contributed by atoms with E-state index in [9.17, 15) is 9.59 Å². The molecule has 6 nitrogen and oxygen atoms in total. The van der Waals surface area contributed by atoms with Gasteiger partial charge in [0.25, 0.3) is 11.5 Å². The van der Waals surface area contributed by atoms with Crippen molar-refractivity contribution in [2.45, 2.75) is 26.1 Å². The lowest BCUT2D eigenvalue weighted by Crippen LogP contribution is -2.49. The van der Waals surface area contributed by atoms with Gasteiger partial charge in [-0.1, -0.05) is 0 Å². The lowest BCUT2D eigenvalue weighted by atomic mass is 10.1. The minimum atomic E-state index is -0.317. The van der Waals surface area contributed by atoms with Crippen LogP contribution in [-0.4, -0.2) is 45.7 Å². The number of amides is 1. The molecule has 6 heteroatoms. The van der Waals surface area contributed by atoms with Crippen LogP contribution in [0, 0.1) is 0 Å². The van der Waals surface area contributed by atoms with Gasteiger partial charge in [0.2, 0.25) is 0 Å². The third kappa shape index (κ3) is 2.50. The molecule has 0 spiro atoms.